The van der Waals surface area contributed by atoms with Crippen LogP contribution in [0.3, 0.4) is 0 Å². The van der Waals surface area contributed by atoms with Crippen molar-refractivity contribution in [3.8, 4) is 5.75 Å². The van der Waals surface area contributed by atoms with Gasteiger partial charge in [-0.05, 0) is 50.3 Å². The second kappa shape index (κ2) is 13.5. The minimum Gasteiger partial charge on any atom is -0.480 e. The molecular formula is C26H38N6O6S. The molecule has 214 valence electrons. The molecule has 0 radical (unpaired) electrons. The molecule has 0 bridgehead atoms. The summed E-state index contributed by atoms with van der Waals surface area (Å²) in [5.74, 6) is -0.568. The molecule has 0 saturated carbocycles. The van der Waals surface area contributed by atoms with E-state index in [1.807, 2.05) is 18.7 Å². The first-order valence-electron chi connectivity index (χ1n) is 13.2. The van der Waals surface area contributed by atoms with Crippen molar-refractivity contribution in [1.29, 1.82) is 0 Å². The van der Waals surface area contributed by atoms with Crippen LogP contribution in [0.2, 0.25) is 0 Å². The summed E-state index contributed by atoms with van der Waals surface area (Å²) in [5.41, 5.74) is 0.748. The van der Waals surface area contributed by atoms with Crippen LogP contribution in [0.1, 0.15) is 46.1 Å². The monoisotopic (exact) mass is 562 g/mol. The number of anilines is 3. The SMILES string of the molecule is CCN(CC)c1ncc(NS(=O)(=O)CC(C)C)c(N[C@@H](Cc2ccc(OC(=O)N3CCCC3)cc2)C(=O)O)n1. The van der Waals surface area contributed by atoms with E-state index in [-0.39, 0.29) is 29.6 Å². The molecule has 12 nitrogen and oxygen atoms in total. The Labute approximate surface area is 229 Å². The fourth-order valence-corrected chi connectivity index (χ4v) is 5.67. The number of benzene rings is 1. The summed E-state index contributed by atoms with van der Waals surface area (Å²) >= 11 is 0. The van der Waals surface area contributed by atoms with Crippen LogP contribution in [0.4, 0.5) is 22.2 Å². The molecule has 1 aliphatic rings. The highest BCUT2D eigenvalue weighted by Gasteiger charge is 2.24. The molecular weight excluding hydrogens is 524 g/mol. The highest BCUT2D eigenvalue weighted by Crippen LogP contribution is 2.25. The number of hydrogen-bond donors (Lipinski definition) is 3. The van der Waals surface area contributed by atoms with E-state index in [4.69, 9.17) is 4.74 Å². The van der Waals surface area contributed by atoms with Gasteiger partial charge >= 0.3 is 12.1 Å². The maximum atomic E-state index is 12.6. The first kappa shape index (κ1) is 29.9. The van der Waals surface area contributed by atoms with Crippen LogP contribution in [0.5, 0.6) is 5.75 Å². The molecule has 1 aromatic heterocycles. The maximum Gasteiger partial charge on any atom is 0.415 e. The van der Waals surface area contributed by atoms with Crippen molar-refractivity contribution in [3.05, 3.63) is 36.0 Å². The first-order chi connectivity index (χ1) is 18.5. The fourth-order valence-electron chi connectivity index (χ4n) is 4.22. The first-order valence-corrected chi connectivity index (χ1v) is 14.8. The highest BCUT2D eigenvalue weighted by molar-refractivity contribution is 7.92. The van der Waals surface area contributed by atoms with Crippen molar-refractivity contribution in [2.24, 2.45) is 5.92 Å². The van der Waals surface area contributed by atoms with Gasteiger partial charge in [0.05, 0.1) is 11.9 Å². The lowest BCUT2D eigenvalue weighted by atomic mass is 10.1. The smallest absolute Gasteiger partial charge is 0.415 e. The molecule has 1 atom stereocenters. The van der Waals surface area contributed by atoms with Crippen LogP contribution in [-0.4, -0.2) is 78.4 Å². The van der Waals surface area contributed by atoms with Gasteiger partial charge in [-0.2, -0.15) is 4.98 Å². The van der Waals surface area contributed by atoms with E-state index in [1.54, 1.807) is 43.0 Å². The van der Waals surface area contributed by atoms with Crippen LogP contribution in [-0.2, 0) is 21.2 Å². The zero-order valence-corrected chi connectivity index (χ0v) is 23.7. The molecule has 13 heteroatoms. The average Bonchev–Trinajstić information content (AvgIpc) is 3.41. The van der Waals surface area contributed by atoms with Crippen LogP contribution in [0, 0.1) is 5.92 Å². The number of ether oxygens (including phenoxy) is 1. The number of carbonyl (C=O) groups is 2. The Balaban J connectivity index is 1.81. The van der Waals surface area contributed by atoms with E-state index in [9.17, 15) is 23.1 Å². The summed E-state index contributed by atoms with van der Waals surface area (Å²) in [6.45, 7) is 10.0. The second-order valence-electron chi connectivity index (χ2n) is 9.83. The Bertz CT molecular complexity index is 1230. The molecule has 1 aromatic carbocycles. The van der Waals surface area contributed by atoms with E-state index in [0.717, 1.165) is 12.8 Å². The standard InChI is InChI=1S/C26H38N6O6S/c1-5-31(6-2)25-27-16-22(30-39(36,37)17-18(3)4)23(29-25)28-21(24(33)34)15-19-9-11-20(12-10-19)38-26(35)32-13-7-8-14-32/h9-12,16,18,21,30H,5-8,13-15,17H2,1-4H3,(H,33,34)(H,27,28,29)/t21-/m0/s1. The summed E-state index contributed by atoms with van der Waals surface area (Å²) in [6, 6.07) is 5.50. The van der Waals surface area contributed by atoms with Crippen molar-refractivity contribution < 1.29 is 27.9 Å². The lowest BCUT2D eigenvalue weighted by Crippen LogP contribution is -2.33. The Morgan fingerprint density at radius 1 is 1.13 bits per heavy atom. The largest absolute Gasteiger partial charge is 0.480 e. The number of aromatic nitrogens is 2. The van der Waals surface area contributed by atoms with Crippen molar-refractivity contribution in [2.45, 2.75) is 53.0 Å². The predicted molar refractivity (Wildman–Crippen MR) is 150 cm³/mol. The number of hydrogen-bond acceptors (Lipinski definition) is 9. The molecule has 3 rings (SSSR count). The van der Waals surface area contributed by atoms with Crippen LogP contribution in [0.25, 0.3) is 0 Å². The summed E-state index contributed by atoms with van der Waals surface area (Å²) in [5, 5.41) is 12.9. The Kier molecular flexibility index (Phi) is 10.3. The number of sulfonamides is 1. The van der Waals surface area contributed by atoms with E-state index in [2.05, 4.69) is 20.0 Å². The third kappa shape index (κ3) is 8.70. The summed E-state index contributed by atoms with van der Waals surface area (Å²) < 4.78 is 33.2. The number of carboxylic acids is 1. The van der Waals surface area contributed by atoms with Crippen LogP contribution in [0.15, 0.2) is 30.5 Å². The number of nitrogens with one attached hydrogen (secondary N) is 2. The molecule has 1 fully saturated rings. The Morgan fingerprint density at radius 2 is 1.77 bits per heavy atom. The lowest BCUT2D eigenvalue weighted by Gasteiger charge is -2.22. The van der Waals surface area contributed by atoms with E-state index in [0.29, 0.717) is 43.4 Å². The summed E-state index contributed by atoms with van der Waals surface area (Å²) in [4.78, 5) is 36.7. The topological polar surface area (TPSA) is 154 Å². The van der Waals surface area contributed by atoms with Crippen molar-refractivity contribution in [2.75, 3.05) is 46.9 Å². The second-order valence-corrected chi connectivity index (χ2v) is 11.6. The minimum atomic E-state index is -3.71. The number of nitrogens with zero attached hydrogens (tertiary/aromatic N) is 4. The molecule has 0 unspecified atom stereocenters. The third-order valence-electron chi connectivity index (χ3n) is 6.18. The van der Waals surface area contributed by atoms with Crippen molar-refractivity contribution >= 4 is 39.5 Å². The van der Waals surface area contributed by atoms with Gasteiger partial charge in [-0.15, -0.1) is 0 Å². The summed E-state index contributed by atoms with van der Waals surface area (Å²) in [7, 11) is -3.71. The molecule has 3 N–H and O–H groups in total. The zero-order valence-electron chi connectivity index (χ0n) is 22.9. The molecule has 1 amide bonds. The van der Waals surface area contributed by atoms with Gasteiger partial charge in [0, 0.05) is 32.6 Å². The van der Waals surface area contributed by atoms with E-state index in [1.165, 1.54) is 6.20 Å². The predicted octanol–water partition coefficient (Wildman–Crippen LogP) is 3.42. The van der Waals surface area contributed by atoms with Gasteiger partial charge < -0.3 is 25.0 Å². The van der Waals surface area contributed by atoms with Gasteiger partial charge in [0.2, 0.25) is 16.0 Å². The number of rotatable bonds is 13. The van der Waals surface area contributed by atoms with Crippen LogP contribution >= 0.6 is 0 Å². The molecule has 1 saturated heterocycles. The van der Waals surface area contributed by atoms with Crippen LogP contribution < -0.4 is 19.7 Å². The van der Waals surface area contributed by atoms with Gasteiger partial charge in [0.25, 0.3) is 0 Å². The lowest BCUT2D eigenvalue weighted by molar-refractivity contribution is -0.137. The van der Waals surface area contributed by atoms with Crippen molar-refractivity contribution in [3.63, 3.8) is 0 Å². The number of aliphatic carboxylic acids is 1. The van der Waals surface area contributed by atoms with Gasteiger partial charge in [0.15, 0.2) is 5.82 Å². The number of carbonyl (C=O) groups excluding carboxylic acids is 1. The molecule has 0 spiro atoms. The average molecular weight is 563 g/mol. The number of amides is 1. The molecule has 1 aliphatic heterocycles. The van der Waals surface area contributed by atoms with Crippen molar-refractivity contribution in [1.82, 2.24) is 14.9 Å². The number of carboxylic acid groups (broad SMARTS) is 1. The van der Waals surface area contributed by atoms with Gasteiger partial charge in [-0.25, -0.2) is 23.0 Å². The van der Waals surface area contributed by atoms with Gasteiger partial charge in [-0.1, -0.05) is 26.0 Å². The van der Waals surface area contributed by atoms with Gasteiger partial charge in [0.1, 0.15) is 17.5 Å². The molecule has 0 aliphatic carbocycles. The van der Waals surface area contributed by atoms with E-state index >= 15 is 0 Å². The van der Waals surface area contributed by atoms with E-state index < -0.39 is 28.1 Å². The fraction of sp³-hybridized carbons (Fsp3) is 0.538. The maximum absolute atomic E-state index is 12.6. The minimum absolute atomic E-state index is 0.0679. The summed E-state index contributed by atoms with van der Waals surface area (Å²) in [6.07, 6.45) is 2.94. The quantitative estimate of drug-likeness (QED) is 0.331. The highest BCUT2D eigenvalue weighted by atomic mass is 32.2. The number of likely N-dealkylation sites (tertiary alicyclic amines) is 1. The molecule has 2 aromatic rings. The Hall–Kier alpha value is -3.61. The molecule has 39 heavy (non-hydrogen) atoms. The Morgan fingerprint density at radius 3 is 2.33 bits per heavy atom. The zero-order chi connectivity index (χ0) is 28.6. The normalized spacial score (nSPS) is 14.2. The van der Waals surface area contributed by atoms with Gasteiger partial charge in [-0.3, -0.25) is 4.72 Å². The third-order valence-corrected chi connectivity index (χ3v) is 7.82. The molecule has 2 heterocycles.